The van der Waals surface area contributed by atoms with Gasteiger partial charge in [-0.05, 0) is 56.8 Å². The van der Waals surface area contributed by atoms with Crippen LogP contribution in [0.3, 0.4) is 0 Å². The Balaban J connectivity index is 3.05. The number of aryl methyl sites for hydroxylation is 1. The van der Waals surface area contributed by atoms with Crippen LogP contribution in [-0.2, 0) is 25.5 Å². The molecule has 34 heavy (non-hydrogen) atoms. The normalized spacial score (nSPS) is 12.1. The fourth-order valence-electron chi connectivity index (χ4n) is 4.11. The van der Waals surface area contributed by atoms with E-state index in [4.69, 9.17) is 10.5 Å². The molecule has 0 spiro atoms. The van der Waals surface area contributed by atoms with Gasteiger partial charge in [0.05, 0.1) is 13.7 Å². The van der Waals surface area contributed by atoms with Crippen LogP contribution in [0, 0.1) is 0 Å². The van der Waals surface area contributed by atoms with E-state index < -0.39 is 6.04 Å². The molecule has 1 aromatic rings. The highest BCUT2D eigenvalue weighted by atomic mass is 16.5. The highest BCUT2D eigenvalue weighted by molar-refractivity contribution is 5.77. The van der Waals surface area contributed by atoms with Gasteiger partial charge in [0.1, 0.15) is 11.8 Å². The number of ether oxygens (including phenoxy) is 1. The fourth-order valence-corrected chi connectivity index (χ4v) is 4.11. The summed E-state index contributed by atoms with van der Waals surface area (Å²) in [4.78, 5) is 42.7. The van der Waals surface area contributed by atoms with Gasteiger partial charge in [0.15, 0.2) is 0 Å². The average Bonchev–Trinajstić information content (AvgIpc) is 2.79. The number of methoxy groups -OCH3 is 1. The molecule has 0 aliphatic carbocycles. The Morgan fingerprint density at radius 2 is 1.53 bits per heavy atom. The third kappa shape index (κ3) is 11.1. The Morgan fingerprint density at radius 3 is 2.06 bits per heavy atom. The lowest BCUT2D eigenvalue weighted by molar-refractivity contribution is -0.147. The lowest BCUT2D eigenvalue weighted by Crippen LogP contribution is -2.49. The van der Waals surface area contributed by atoms with E-state index >= 15 is 0 Å². The highest BCUT2D eigenvalue weighted by Gasteiger charge is 2.27. The van der Waals surface area contributed by atoms with Crippen molar-refractivity contribution >= 4 is 23.3 Å². The number of esters is 1. The molecule has 0 bridgehead atoms. The maximum absolute atomic E-state index is 12.8. The number of rotatable bonds is 17. The summed E-state index contributed by atoms with van der Waals surface area (Å²) < 4.78 is 5.17. The van der Waals surface area contributed by atoms with Crippen molar-refractivity contribution in [1.29, 1.82) is 0 Å². The second kappa shape index (κ2) is 16.2. The fraction of sp³-hybridized carbons (Fsp3) is 0.654. The van der Waals surface area contributed by atoms with E-state index in [2.05, 4.69) is 16.7 Å². The van der Waals surface area contributed by atoms with Gasteiger partial charge in [-0.15, -0.1) is 0 Å². The molecule has 1 unspecified atom stereocenters. The summed E-state index contributed by atoms with van der Waals surface area (Å²) in [5, 5.41) is 0. The summed E-state index contributed by atoms with van der Waals surface area (Å²) >= 11 is 0. The number of hydrogen-bond donors (Lipinski definition) is 1. The first-order chi connectivity index (χ1) is 16.2. The number of nitrogens with zero attached hydrogens (tertiary/aromatic N) is 3. The van der Waals surface area contributed by atoms with Crippen LogP contribution in [0.2, 0.25) is 0 Å². The van der Waals surface area contributed by atoms with Gasteiger partial charge in [-0.25, -0.2) is 0 Å². The summed E-state index contributed by atoms with van der Waals surface area (Å²) in [7, 11) is 1.41. The van der Waals surface area contributed by atoms with Crippen molar-refractivity contribution in [2.75, 3.05) is 58.7 Å². The SMILES string of the molecule is CCCN(CCN(CCN(CCC)C(C)=O)C(CCc1ccc(N)cc1)C(=O)OC)CC(C)=O. The molecular weight excluding hydrogens is 432 g/mol. The third-order valence-corrected chi connectivity index (χ3v) is 5.89. The molecule has 0 aliphatic heterocycles. The topological polar surface area (TPSA) is 96.2 Å². The first-order valence-corrected chi connectivity index (χ1v) is 12.3. The van der Waals surface area contributed by atoms with E-state index in [1.807, 2.05) is 36.1 Å². The number of amides is 1. The zero-order valence-electron chi connectivity index (χ0n) is 21.7. The van der Waals surface area contributed by atoms with Gasteiger partial charge in [-0.1, -0.05) is 26.0 Å². The molecule has 8 heteroatoms. The van der Waals surface area contributed by atoms with E-state index in [-0.39, 0.29) is 17.7 Å². The van der Waals surface area contributed by atoms with E-state index in [9.17, 15) is 14.4 Å². The van der Waals surface area contributed by atoms with Crippen LogP contribution in [0.15, 0.2) is 24.3 Å². The van der Waals surface area contributed by atoms with Crippen LogP contribution in [0.25, 0.3) is 0 Å². The smallest absolute Gasteiger partial charge is 0.323 e. The number of anilines is 1. The Labute approximate surface area is 205 Å². The molecule has 1 atom stereocenters. The molecule has 0 saturated carbocycles. The molecule has 1 rings (SSSR count). The van der Waals surface area contributed by atoms with E-state index in [0.29, 0.717) is 57.8 Å². The second-order valence-electron chi connectivity index (χ2n) is 8.84. The summed E-state index contributed by atoms with van der Waals surface area (Å²) in [6.45, 7) is 11.6. The molecule has 0 fully saturated rings. The first kappa shape index (κ1) is 29.6. The Hall–Kier alpha value is -2.45. The largest absolute Gasteiger partial charge is 0.468 e. The van der Waals surface area contributed by atoms with E-state index in [1.54, 1.807) is 13.8 Å². The van der Waals surface area contributed by atoms with Crippen LogP contribution < -0.4 is 5.73 Å². The minimum absolute atomic E-state index is 0.0301. The number of ketones is 1. The number of benzene rings is 1. The molecular formula is C26H44N4O4. The summed E-state index contributed by atoms with van der Waals surface area (Å²) in [6, 6.07) is 7.23. The van der Waals surface area contributed by atoms with Crippen LogP contribution in [0.5, 0.6) is 0 Å². The van der Waals surface area contributed by atoms with Crippen molar-refractivity contribution in [2.24, 2.45) is 0 Å². The predicted octanol–water partition coefficient (Wildman–Crippen LogP) is 2.60. The molecule has 0 saturated heterocycles. The highest BCUT2D eigenvalue weighted by Crippen LogP contribution is 2.14. The maximum atomic E-state index is 12.8. The number of nitrogen functional groups attached to an aromatic ring is 1. The van der Waals surface area contributed by atoms with Crippen molar-refractivity contribution in [3.8, 4) is 0 Å². The minimum atomic E-state index is -0.446. The Kier molecular flexibility index (Phi) is 14.1. The standard InChI is InChI=1S/C26H44N4O4/c1-6-14-28(20-21(3)31)16-17-30(19-18-29(15-7-2)22(4)32)25(26(33)34-5)13-10-23-8-11-24(27)12-9-23/h8-9,11-12,25H,6-7,10,13-20,27H2,1-5H3. The van der Waals surface area contributed by atoms with Crippen LogP contribution >= 0.6 is 0 Å². The van der Waals surface area contributed by atoms with Gasteiger partial charge < -0.3 is 15.4 Å². The van der Waals surface area contributed by atoms with Gasteiger partial charge in [-0.3, -0.25) is 24.2 Å². The number of nitrogens with two attached hydrogens (primary N) is 1. The second-order valence-corrected chi connectivity index (χ2v) is 8.84. The predicted molar refractivity (Wildman–Crippen MR) is 137 cm³/mol. The van der Waals surface area contributed by atoms with E-state index in [0.717, 1.165) is 24.9 Å². The monoisotopic (exact) mass is 476 g/mol. The van der Waals surface area contributed by atoms with Crippen LogP contribution in [-0.4, -0.2) is 91.3 Å². The summed E-state index contributed by atoms with van der Waals surface area (Å²) in [5.41, 5.74) is 7.61. The Bertz CT molecular complexity index is 754. The maximum Gasteiger partial charge on any atom is 0.323 e. The lowest BCUT2D eigenvalue weighted by Gasteiger charge is -2.34. The summed E-state index contributed by atoms with van der Waals surface area (Å²) in [6.07, 6.45) is 3.11. The van der Waals surface area contributed by atoms with Gasteiger partial charge in [0, 0.05) is 45.3 Å². The molecule has 192 valence electrons. The molecule has 0 aromatic heterocycles. The van der Waals surface area contributed by atoms with Gasteiger partial charge in [0.25, 0.3) is 0 Å². The van der Waals surface area contributed by atoms with Gasteiger partial charge >= 0.3 is 5.97 Å². The molecule has 0 heterocycles. The van der Waals surface area contributed by atoms with Crippen molar-refractivity contribution in [1.82, 2.24) is 14.7 Å². The van der Waals surface area contributed by atoms with Crippen molar-refractivity contribution in [3.63, 3.8) is 0 Å². The zero-order valence-corrected chi connectivity index (χ0v) is 21.7. The average molecular weight is 477 g/mol. The summed E-state index contributed by atoms with van der Waals surface area (Å²) in [5.74, 6) is -0.130. The third-order valence-electron chi connectivity index (χ3n) is 5.89. The van der Waals surface area contributed by atoms with Gasteiger partial charge in [-0.2, -0.15) is 0 Å². The van der Waals surface area contributed by atoms with E-state index in [1.165, 1.54) is 7.11 Å². The van der Waals surface area contributed by atoms with Crippen molar-refractivity contribution in [3.05, 3.63) is 29.8 Å². The molecule has 1 aromatic carbocycles. The van der Waals surface area contributed by atoms with Crippen molar-refractivity contribution < 1.29 is 19.1 Å². The number of hydrogen-bond acceptors (Lipinski definition) is 7. The lowest BCUT2D eigenvalue weighted by atomic mass is 10.0. The molecule has 8 nitrogen and oxygen atoms in total. The molecule has 0 aliphatic rings. The van der Waals surface area contributed by atoms with Gasteiger partial charge in [0.2, 0.25) is 5.91 Å². The van der Waals surface area contributed by atoms with Crippen molar-refractivity contribution in [2.45, 2.75) is 59.4 Å². The number of Topliss-reactive ketones (excluding diaryl/α,β-unsaturated/α-hetero) is 1. The number of carbonyl (C=O) groups is 3. The zero-order chi connectivity index (χ0) is 25.5. The molecule has 1 amide bonds. The molecule has 0 radical (unpaired) electrons. The number of carbonyl (C=O) groups excluding carboxylic acids is 3. The van der Waals surface area contributed by atoms with Crippen LogP contribution in [0.4, 0.5) is 5.69 Å². The quantitative estimate of drug-likeness (QED) is 0.273. The van der Waals surface area contributed by atoms with Crippen LogP contribution in [0.1, 0.15) is 52.5 Å². The Morgan fingerprint density at radius 1 is 0.912 bits per heavy atom. The minimum Gasteiger partial charge on any atom is -0.468 e. The first-order valence-electron chi connectivity index (χ1n) is 12.3. The molecule has 2 N–H and O–H groups in total.